The van der Waals surface area contributed by atoms with Gasteiger partial charge in [0.25, 0.3) is 5.91 Å². The van der Waals surface area contributed by atoms with Crippen LogP contribution in [0.15, 0.2) is 23.4 Å². The number of carbonyl (C=O) groups is 1. The highest BCUT2D eigenvalue weighted by atomic mass is 16.2. The van der Waals surface area contributed by atoms with Crippen LogP contribution < -0.4 is 5.01 Å². The molecule has 0 N–H and O–H groups in total. The minimum absolute atomic E-state index is 0.0574. The highest BCUT2D eigenvalue weighted by molar-refractivity contribution is 6.11. The minimum atomic E-state index is -0.0574. The van der Waals surface area contributed by atoms with E-state index in [1.165, 1.54) is 5.01 Å². The summed E-state index contributed by atoms with van der Waals surface area (Å²) in [6.07, 6.45) is 1.93. The lowest BCUT2D eigenvalue weighted by Gasteiger charge is -2.07. The molecule has 0 spiro atoms. The molecule has 13 heavy (non-hydrogen) atoms. The molecule has 0 saturated heterocycles. The first-order valence-electron chi connectivity index (χ1n) is 3.92. The second kappa shape index (κ2) is 2.93. The van der Waals surface area contributed by atoms with Crippen molar-refractivity contribution in [3.8, 4) is 0 Å². The van der Waals surface area contributed by atoms with Crippen molar-refractivity contribution in [3.63, 3.8) is 0 Å². The average molecular weight is 176 g/mol. The Morgan fingerprint density at radius 3 is 2.92 bits per heavy atom. The third-order valence-corrected chi connectivity index (χ3v) is 1.69. The molecule has 1 aromatic rings. The van der Waals surface area contributed by atoms with E-state index >= 15 is 0 Å². The zero-order valence-electron chi connectivity index (χ0n) is 7.14. The Morgan fingerprint density at radius 2 is 2.38 bits per heavy atom. The van der Waals surface area contributed by atoms with Gasteiger partial charge in [0, 0.05) is 11.9 Å². The van der Waals surface area contributed by atoms with E-state index in [1.54, 1.807) is 18.3 Å². The maximum Gasteiger partial charge on any atom is 0.254 e. The summed E-state index contributed by atoms with van der Waals surface area (Å²) in [6, 6.07) is 3.42. The van der Waals surface area contributed by atoms with Crippen LogP contribution in [0.5, 0.6) is 0 Å². The van der Waals surface area contributed by atoms with E-state index in [-0.39, 0.29) is 5.91 Å². The number of hydrogen-bond acceptors (Lipinski definition) is 4. The number of amides is 1. The van der Waals surface area contributed by atoms with Crippen LogP contribution in [0.3, 0.4) is 0 Å². The molecule has 0 fully saturated rings. The van der Waals surface area contributed by atoms with E-state index in [1.807, 2.05) is 6.92 Å². The molecule has 5 nitrogen and oxygen atoms in total. The number of rotatable bonds is 1. The Balaban J connectivity index is 2.33. The van der Waals surface area contributed by atoms with Crippen LogP contribution in [-0.2, 0) is 4.79 Å². The van der Waals surface area contributed by atoms with Crippen LogP contribution in [0.1, 0.15) is 13.3 Å². The standard InChI is InChI=1S/C8H8N4O/c1-6-5-8(13)12(11-6)7-3-2-4-9-10-7/h2-4H,5H2,1H3. The zero-order valence-corrected chi connectivity index (χ0v) is 7.14. The molecule has 0 atom stereocenters. The van der Waals surface area contributed by atoms with Gasteiger partial charge in [-0.2, -0.15) is 15.2 Å². The van der Waals surface area contributed by atoms with Gasteiger partial charge in [0.2, 0.25) is 0 Å². The quantitative estimate of drug-likeness (QED) is 0.629. The van der Waals surface area contributed by atoms with Gasteiger partial charge in [-0.1, -0.05) is 0 Å². The number of anilines is 1. The molecule has 0 saturated carbocycles. The Kier molecular flexibility index (Phi) is 1.77. The molecule has 66 valence electrons. The van der Waals surface area contributed by atoms with Gasteiger partial charge in [-0.3, -0.25) is 4.79 Å². The second-order valence-electron chi connectivity index (χ2n) is 2.80. The molecule has 0 bridgehead atoms. The van der Waals surface area contributed by atoms with Gasteiger partial charge in [-0.25, -0.2) is 0 Å². The van der Waals surface area contributed by atoms with Crippen molar-refractivity contribution in [2.24, 2.45) is 5.10 Å². The third kappa shape index (κ3) is 1.40. The summed E-state index contributed by atoms with van der Waals surface area (Å²) in [5.41, 5.74) is 0.802. The van der Waals surface area contributed by atoms with Crippen LogP contribution in [0, 0.1) is 0 Å². The summed E-state index contributed by atoms with van der Waals surface area (Å²) >= 11 is 0. The third-order valence-electron chi connectivity index (χ3n) is 1.69. The van der Waals surface area contributed by atoms with Gasteiger partial charge in [-0.15, -0.1) is 5.10 Å². The Hall–Kier alpha value is -1.78. The number of hydrogen-bond donors (Lipinski definition) is 0. The molecular weight excluding hydrogens is 168 g/mol. The van der Waals surface area contributed by atoms with Crippen molar-refractivity contribution in [1.82, 2.24) is 10.2 Å². The Bertz CT molecular complexity index is 360. The number of aromatic nitrogens is 2. The minimum Gasteiger partial charge on any atom is -0.272 e. The van der Waals surface area contributed by atoms with Gasteiger partial charge in [-0.05, 0) is 19.1 Å². The molecule has 5 heteroatoms. The fraction of sp³-hybridized carbons (Fsp3) is 0.250. The molecule has 2 rings (SSSR count). The van der Waals surface area contributed by atoms with Crippen molar-refractivity contribution >= 4 is 17.4 Å². The normalized spacial score (nSPS) is 16.2. The lowest BCUT2D eigenvalue weighted by molar-refractivity contribution is -0.116. The van der Waals surface area contributed by atoms with Crippen molar-refractivity contribution in [2.75, 3.05) is 5.01 Å². The highest BCUT2D eigenvalue weighted by Crippen LogP contribution is 2.15. The predicted octanol–water partition coefficient (Wildman–Crippen LogP) is 0.589. The first kappa shape index (κ1) is 7.85. The molecular formula is C8H8N4O. The predicted molar refractivity (Wildman–Crippen MR) is 47.2 cm³/mol. The second-order valence-corrected chi connectivity index (χ2v) is 2.80. The van der Waals surface area contributed by atoms with Gasteiger partial charge < -0.3 is 0 Å². The zero-order chi connectivity index (χ0) is 9.26. The van der Waals surface area contributed by atoms with E-state index in [0.717, 1.165) is 5.71 Å². The first-order valence-corrected chi connectivity index (χ1v) is 3.92. The monoisotopic (exact) mass is 176 g/mol. The van der Waals surface area contributed by atoms with E-state index in [2.05, 4.69) is 15.3 Å². The van der Waals surface area contributed by atoms with Crippen LogP contribution in [0.25, 0.3) is 0 Å². The van der Waals surface area contributed by atoms with Crippen LogP contribution in [0.2, 0.25) is 0 Å². The van der Waals surface area contributed by atoms with E-state index in [4.69, 9.17) is 0 Å². The van der Waals surface area contributed by atoms with Gasteiger partial charge in [0.1, 0.15) is 0 Å². The summed E-state index contributed by atoms with van der Waals surface area (Å²) < 4.78 is 0. The highest BCUT2D eigenvalue weighted by Gasteiger charge is 2.23. The Morgan fingerprint density at radius 1 is 1.54 bits per heavy atom. The SMILES string of the molecule is CC1=NN(c2cccnn2)C(=O)C1. The summed E-state index contributed by atoms with van der Waals surface area (Å²) in [4.78, 5) is 11.3. The molecule has 0 radical (unpaired) electrons. The van der Waals surface area contributed by atoms with Crippen LogP contribution >= 0.6 is 0 Å². The van der Waals surface area contributed by atoms with E-state index in [0.29, 0.717) is 12.2 Å². The summed E-state index contributed by atoms with van der Waals surface area (Å²) in [6.45, 7) is 1.81. The topological polar surface area (TPSA) is 58.5 Å². The number of carbonyl (C=O) groups excluding carboxylic acids is 1. The smallest absolute Gasteiger partial charge is 0.254 e. The molecule has 1 aliphatic heterocycles. The fourth-order valence-corrected chi connectivity index (χ4v) is 1.14. The molecule has 2 heterocycles. The molecule has 0 aliphatic carbocycles. The Labute approximate surface area is 75.1 Å². The van der Waals surface area contributed by atoms with Crippen LogP contribution in [0.4, 0.5) is 5.82 Å². The molecule has 0 unspecified atom stereocenters. The fourth-order valence-electron chi connectivity index (χ4n) is 1.14. The maximum absolute atomic E-state index is 11.3. The number of nitrogens with zero attached hydrogens (tertiary/aromatic N) is 4. The van der Waals surface area contributed by atoms with Gasteiger partial charge in [0.15, 0.2) is 5.82 Å². The summed E-state index contributed by atoms with van der Waals surface area (Å²) in [5, 5.41) is 12.8. The molecule has 1 aliphatic rings. The first-order chi connectivity index (χ1) is 6.27. The number of hydrazone groups is 1. The lowest BCUT2D eigenvalue weighted by Crippen LogP contribution is -2.20. The largest absolute Gasteiger partial charge is 0.272 e. The molecule has 1 aromatic heterocycles. The van der Waals surface area contributed by atoms with Crippen molar-refractivity contribution in [1.29, 1.82) is 0 Å². The van der Waals surface area contributed by atoms with E-state index < -0.39 is 0 Å². The summed E-state index contributed by atoms with van der Waals surface area (Å²) in [7, 11) is 0. The van der Waals surface area contributed by atoms with Crippen molar-refractivity contribution in [3.05, 3.63) is 18.3 Å². The summed E-state index contributed by atoms with van der Waals surface area (Å²) in [5.74, 6) is 0.419. The van der Waals surface area contributed by atoms with Crippen LogP contribution in [-0.4, -0.2) is 21.8 Å². The maximum atomic E-state index is 11.3. The van der Waals surface area contributed by atoms with Gasteiger partial charge >= 0.3 is 0 Å². The lowest BCUT2D eigenvalue weighted by atomic mass is 10.3. The molecule has 1 amide bonds. The van der Waals surface area contributed by atoms with E-state index in [9.17, 15) is 4.79 Å². The average Bonchev–Trinajstić information content (AvgIpc) is 2.47. The molecule has 0 aromatic carbocycles. The van der Waals surface area contributed by atoms with Crippen molar-refractivity contribution < 1.29 is 4.79 Å². The van der Waals surface area contributed by atoms with Crippen molar-refractivity contribution in [2.45, 2.75) is 13.3 Å². The van der Waals surface area contributed by atoms with Gasteiger partial charge in [0.05, 0.1) is 6.42 Å².